The quantitative estimate of drug-likeness (QED) is 0.170. The van der Waals surface area contributed by atoms with Crippen molar-refractivity contribution < 1.29 is 58.0 Å². The van der Waals surface area contributed by atoms with Crippen molar-refractivity contribution in [3.05, 3.63) is 90.0 Å². The van der Waals surface area contributed by atoms with Gasteiger partial charge in [-0.1, -0.05) is 51.5 Å². The summed E-state index contributed by atoms with van der Waals surface area (Å²) in [5, 5.41) is 30.3. The lowest BCUT2D eigenvalue weighted by Crippen LogP contribution is -2.63. The number of ether oxygens (including phenoxy) is 3. The first-order valence-electron chi connectivity index (χ1n) is 22.3. The molecule has 0 spiro atoms. The molecule has 2 aromatic rings. The molecule has 3 saturated carbocycles. The van der Waals surface area contributed by atoms with Crippen LogP contribution in [0, 0.1) is 34.5 Å². The number of ketones is 2. The maximum absolute atomic E-state index is 13.9. The van der Waals surface area contributed by atoms with Gasteiger partial charge in [-0.15, -0.1) is 0 Å². The molecule has 0 aromatic heterocycles. The van der Waals surface area contributed by atoms with Gasteiger partial charge in [0.15, 0.2) is 23.5 Å². The number of allylic oxidation sites excluding steroid dienone is 4. The Kier molecular flexibility index (Phi) is 12.3. The Morgan fingerprint density at radius 1 is 0.908 bits per heavy atom. The summed E-state index contributed by atoms with van der Waals surface area (Å²) in [7, 11) is 0. The fraction of sp³-hybridized carbons (Fsp3) is 0.490. The van der Waals surface area contributed by atoms with E-state index in [1.807, 2.05) is 13.0 Å². The normalized spacial score (nSPS) is 31.9. The number of carbonyl (C=O) groups is 7. The average Bonchev–Trinajstić information content (AvgIpc) is 3.90. The van der Waals surface area contributed by atoms with E-state index in [0.29, 0.717) is 29.2 Å². The van der Waals surface area contributed by atoms with Crippen LogP contribution in [0.3, 0.4) is 0 Å². The number of nitrogens with zero attached hydrogens (tertiary/aromatic N) is 1. The molecule has 0 bridgehead atoms. The molecule has 4 aliphatic carbocycles. The van der Waals surface area contributed by atoms with Gasteiger partial charge in [-0.2, -0.15) is 0 Å². The first-order chi connectivity index (χ1) is 30.9. The van der Waals surface area contributed by atoms with Crippen molar-refractivity contribution in [2.45, 2.75) is 103 Å². The van der Waals surface area contributed by atoms with Gasteiger partial charge >= 0.3 is 0 Å². The molecular weight excluding hydrogens is 837 g/mol. The number of rotatable bonds is 14. The van der Waals surface area contributed by atoms with E-state index in [1.54, 1.807) is 74.5 Å². The molecule has 5 amide bonds. The molecular formula is C49H56N4O12. The highest BCUT2D eigenvalue weighted by atomic mass is 16.7. The number of carbonyl (C=O) groups excluding carboxylic acids is 7. The third-order valence-electron chi connectivity index (χ3n) is 14.8. The van der Waals surface area contributed by atoms with Gasteiger partial charge in [0.2, 0.25) is 17.7 Å². The second kappa shape index (κ2) is 17.5. The van der Waals surface area contributed by atoms with E-state index in [-0.39, 0.29) is 48.8 Å². The highest BCUT2D eigenvalue weighted by molar-refractivity contribution is 6.13. The Morgan fingerprint density at radius 2 is 1.57 bits per heavy atom. The molecule has 344 valence electrons. The van der Waals surface area contributed by atoms with Crippen molar-refractivity contribution in [1.29, 1.82) is 0 Å². The summed E-state index contributed by atoms with van der Waals surface area (Å²) < 4.78 is 19.4. The molecule has 1 saturated heterocycles. The Morgan fingerprint density at radius 3 is 2.22 bits per heavy atom. The van der Waals surface area contributed by atoms with Crippen LogP contribution in [0.4, 0.5) is 5.69 Å². The molecule has 0 radical (unpaired) electrons. The summed E-state index contributed by atoms with van der Waals surface area (Å²) in [6.07, 6.45) is 7.30. The first kappa shape index (κ1) is 45.7. The summed E-state index contributed by atoms with van der Waals surface area (Å²) in [6, 6.07) is 11.7. The van der Waals surface area contributed by atoms with Gasteiger partial charge in [-0.3, -0.25) is 38.5 Å². The number of Topliss-reactive ketones (excluding diaryl/α,β-unsaturated/α-hetero) is 1. The van der Waals surface area contributed by atoms with Crippen molar-refractivity contribution in [3.8, 4) is 11.5 Å². The fourth-order valence-electron chi connectivity index (χ4n) is 11.5. The number of fused-ring (bicyclic) bond motifs is 7. The van der Waals surface area contributed by atoms with Crippen LogP contribution in [-0.2, 0) is 43.0 Å². The Labute approximate surface area is 376 Å². The van der Waals surface area contributed by atoms with E-state index in [0.717, 1.165) is 35.5 Å². The van der Waals surface area contributed by atoms with Gasteiger partial charge in [-0.25, -0.2) is 0 Å². The van der Waals surface area contributed by atoms with Gasteiger partial charge in [0, 0.05) is 53.1 Å². The molecule has 65 heavy (non-hydrogen) atoms. The number of aliphatic hydroxyl groups is 2. The third kappa shape index (κ3) is 8.14. The lowest BCUT2D eigenvalue weighted by atomic mass is 9.46. The lowest BCUT2D eigenvalue weighted by Gasteiger charge is -2.59. The molecule has 16 nitrogen and oxygen atoms in total. The summed E-state index contributed by atoms with van der Waals surface area (Å²) in [6.45, 7) is 8.23. The minimum atomic E-state index is -1.47. The number of nitrogens with one attached hydrogen (secondary N) is 3. The minimum Gasteiger partial charge on any atom is -0.457 e. The molecule has 4 fully saturated rings. The molecule has 16 heteroatoms. The number of imide groups is 1. The van der Waals surface area contributed by atoms with Crippen LogP contribution in [0.25, 0.3) is 0 Å². The molecule has 11 atom stereocenters. The standard InChI is InChI=1S/C49H56N4O12/c1-26(2)43(52-39(58)19-21-53-40(59)16-17-41(53)60)45(62)50-27(3)44(61)51-30-9-13-33(14-10-30)63-32-11-6-28(7-12-32)46-64-38-23-35-34-15-8-29-22-31(55)18-20-47(29,4)42(34)36(56)24-48(35,5)49(38,65-46)37(57)25-54/h6-7,9-14,16-18,20,22,26-27,34-36,38,42-43,46,54,56H,8,15,19,21,23-25H2,1-5H3,(H,50,62)(H,51,61)(H,52,58)/t27-,34-,35?,36-,38+,42+,43-,46+,47-,48-,49+/m0/s1. The van der Waals surface area contributed by atoms with Gasteiger partial charge in [0.25, 0.3) is 11.8 Å². The zero-order valence-electron chi connectivity index (χ0n) is 37.1. The molecule has 1 unspecified atom stereocenters. The molecule has 8 rings (SSSR count). The van der Waals surface area contributed by atoms with Crippen LogP contribution >= 0.6 is 0 Å². The predicted octanol–water partition coefficient (Wildman–Crippen LogP) is 3.98. The van der Waals surface area contributed by atoms with Crippen molar-refractivity contribution in [2.75, 3.05) is 18.5 Å². The van der Waals surface area contributed by atoms with E-state index >= 15 is 0 Å². The zero-order valence-corrected chi connectivity index (χ0v) is 37.1. The van der Waals surface area contributed by atoms with Crippen molar-refractivity contribution in [1.82, 2.24) is 15.5 Å². The van der Waals surface area contributed by atoms with Gasteiger partial charge in [0.1, 0.15) is 30.2 Å². The summed E-state index contributed by atoms with van der Waals surface area (Å²) in [4.78, 5) is 89.5. The topological polar surface area (TPSA) is 227 Å². The van der Waals surface area contributed by atoms with Crippen molar-refractivity contribution in [2.24, 2.45) is 34.5 Å². The minimum absolute atomic E-state index is 0.0233. The van der Waals surface area contributed by atoms with Crippen LogP contribution in [0.15, 0.2) is 84.5 Å². The first-order valence-corrected chi connectivity index (χ1v) is 22.3. The molecule has 2 aliphatic heterocycles. The van der Waals surface area contributed by atoms with Crippen LogP contribution < -0.4 is 20.7 Å². The maximum Gasteiger partial charge on any atom is 0.253 e. The highest BCUT2D eigenvalue weighted by Gasteiger charge is 2.76. The van der Waals surface area contributed by atoms with E-state index in [9.17, 15) is 43.8 Å². The van der Waals surface area contributed by atoms with E-state index in [2.05, 4.69) is 22.9 Å². The zero-order chi connectivity index (χ0) is 46.6. The monoisotopic (exact) mass is 892 g/mol. The van der Waals surface area contributed by atoms with Gasteiger partial charge in [0.05, 0.1) is 12.2 Å². The number of hydrogen-bond acceptors (Lipinski definition) is 12. The molecule has 2 heterocycles. The van der Waals surface area contributed by atoms with Crippen LogP contribution in [0.5, 0.6) is 11.5 Å². The van der Waals surface area contributed by atoms with Crippen molar-refractivity contribution in [3.63, 3.8) is 0 Å². The Bertz CT molecular complexity index is 2360. The van der Waals surface area contributed by atoms with Crippen molar-refractivity contribution >= 4 is 46.8 Å². The number of benzene rings is 2. The van der Waals surface area contributed by atoms with Crippen LogP contribution in [0.1, 0.15) is 78.6 Å². The largest absolute Gasteiger partial charge is 0.457 e. The number of hydrogen-bond donors (Lipinski definition) is 5. The molecule has 2 aromatic carbocycles. The Balaban J connectivity index is 0.856. The maximum atomic E-state index is 13.9. The van der Waals surface area contributed by atoms with E-state index in [4.69, 9.17) is 14.2 Å². The smallest absolute Gasteiger partial charge is 0.253 e. The van der Waals surface area contributed by atoms with E-state index < -0.39 is 88.9 Å². The van der Waals surface area contributed by atoms with Crippen LogP contribution in [0.2, 0.25) is 0 Å². The average molecular weight is 893 g/mol. The fourth-order valence-corrected chi connectivity index (χ4v) is 11.5. The number of amides is 5. The lowest BCUT2D eigenvalue weighted by molar-refractivity contribution is -0.201. The van der Waals surface area contributed by atoms with Gasteiger partial charge < -0.3 is 40.4 Å². The SMILES string of the molecule is CC(C)[C@H](NC(=O)CCN1C(=O)C=CC1=O)C(=O)N[C@@H](C)C(=O)Nc1ccc(Oc2ccc([C@@H]3O[C@@H]4CC5[C@@H]6CCC7=CC(=O)C=C[C@]7(C)[C@H]6[C@@H](O)C[C@]5(C)[C@]4(C(=O)CO)O3)cc2)cc1. The predicted molar refractivity (Wildman–Crippen MR) is 233 cm³/mol. The summed E-state index contributed by atoms with van der Waals surface area (Å²) >= 11 is 0. The highest BCUT2D eigenvalue weighted by Crippen LogP contribution is 2.70. The Hall–Kier alpha value is -5.81. The molecule has 5 N–H and O–H groups in total. The third-order valence-corrected chi connectivity index (χ3v) is 14.8. The van der Waals surface area contributed by atoms with Crippen LogP contribution in [-0.4, -0.2) is 99.3 Å². The molecule has 6 aliphatic rings. The van der Waals surface area contributed by atoms with E-state index in [1.165, 1.54) is 6.92 Å². The number of anilines is 1. The summed E-state index contributed by atoms with van der Waals surface area (Å²) in [5.74, 6) is -2.58. The van der Waals surface area contributed by atoms with Gasteiger partial charge in [-0.05, 0) is 98.9 Å². The second-order valence-corrected chi connectivity index (χ2v) is 19.0. The summed E-state index contributed by atoms with van der Waals surface area (Å²) in [5.41, 5.74) is -0.633. The number of aliphatic hydroxyl groups excluding tert-OH is 2. The second-order valence-electron chi connectivity index (χ2n) is 19.0.